The van der Waals surface area contributed by atoms with Crippen molar-refractivity contribution >= 4 is 35.6 Å². The normalized spacial score (nSPS) is 16.1. The van der Waals surface area contributed by atoms with Crippen molar-refractivity contribution in [3.63, 3.8) is 0 Å². The molecule has 0 unspecified atom stereocenters. The van der Waals surface area contributed by atoms with Gasteiger partial charge in [0.05, 0.1) is 10.7 Å². The summed E-state index contributed by atoms with van der Waals surface area (Å²) >= 11 is 6.01. The fourth-order valence-electron chi connectivity index (χ4n) is 2.16. The molecule has 1 saturated heterocycles. The molecule has 2 N–H and O–H groups in total. The molecular formula is C14H21Cl2N3O. The zero-order chi connectivity index (χ0) is 13.5. The Balaban J connectivity index is 0.00000200. The molecule has 1 amide bonds. The molecule has 0 aliphatic carbocycles. The maximum absolute atomic E-state index is 11.9. The van der Waals surface area contributed by atoms with Gasteiger partial charge >= 0.3 is 0 Å². The second-order valence-electron chi connectivity index (χ2n) is 4.72. The molecule has 0 saturated carbocycles. The van der Waals surface area contributed by atoms with Crippen LogP contribution in [0.4, 0.5) is 5.69 Å². The van der Waals surface area contributed by atoms with Crippen LogP contribution in [0.25, 0.3) is 0 Å². The van der Waals surface area contributed by atoms with Crippen LogP contribution in [0.15, 0.2) is 24.3 Å². The summed E-state index contributed by atoms with van der Waals surface area (Å²) < 4.78 is 0. The van der Waals surface area contributed by atoms with E-state index in [2.05, 4.69) is 15.5 Å². The average molecular weight is 318 g/mol. The lowest BCUT2D eigenvalue weighted by Crippen LogP contribution is -2.31. The Morgan fingerprint density at radius 3 is 2.90 bits per heavy atom. The largest absolute Gasteiger partial charge is 0.325 e. The third kappa shape index (κ3) is 5.67. The Hall–Kier alpha value is -0.810. The quantitative estimate of drug-likeness (QED) is 0.896. The zero-order valence-corrected chi connectivity index (χ0v) is 13.0. The van der Waals surface area contributed by atoms with E-state index in [0.717, 1.165) is 39.1 Å². The highest BCUT2D eigenvalue weighted by molar-refractivity contribution is 6.33. The molecule has 6 heteroatoms. The Morgan fingerprint density at radius 2 is 2.10 bits per heavy atom. The van der Waals surface area contributed by atoms with Crippen LogP contribution in [0.3, 0.4) is 0 Å². The highest BCUT2D eigenvalue weighted by atomic mass is 35.5. The summed E-state index contributed by atoms with van der Waals surface area (Å²) in [5.74, 6) is 0.0188. The van der Waals surface area contributed by atoms with Gasteiger partial charge in [-0.25, -0.2) is 0 Å². The Bertz CT molecular complexity index is 421. The number of nitrogens with one attached hydrogen (secondary N) is 2. The van der Waals surface area contributed by atoms with Crippen molar-refractivity contribution in [3.8, 4) is 0 Å². The topological polar surface area (TPSA) is 44.4 Å². The van der Waals surface area contributed by atoms with E-state index in [1.54, 1.807) is 6.07 Å². The summed E-state index contributed by atoms with van der Waals surface area (Å²) in [6.45, 7) is 4.96. The standard InChI is InChI=1S/C14H20ClN3O.ClH/c15-12-4-1-2-5-13(12)17-14(19)6-10-18-9-3-7-16-8-11-18;/h1-2,4-5,16H,3,6-11H2,(H,17,19);1H. The number of amides is 1. The summed E-state index contributed by atoms with van der Waals surface area (Å²) in [5, 5.41) is 6.78. The van der Waals surface area contributed by atoms with Gasteiger partial charge in [-0.15, -0.1) is 12.4 Å². The SMILES string of the molecule is Cl.O=C(CCN1CCCNCC1)Nc1ccccc1Cl. The molecule has 0 bridgehead atoms. The van der Waals surface area contributed by atoms with E-state index in [4.69, 9.17) is 11.6 Å². The van der Waals surface area contributed by atoms with Gasteiger partial charge in [-0.2, -0.15) is 0 Å². The van der Waals surface area contributed by atoms with Crippen molar-refractivity contribution in [2.45, 2.75) is 12.8 Å². The fraction of sp³-hybridized carbons (Fsp3) is 0.500. The van der Waals surface area contributed by atoms with E-state index in [-0.39, 0.29) is 18.3 Å². The monoisotopic (exact) mass is 317 g/mol. The van der Waals surface area contributed by atoms with Crippen LogP contribution in [0, 0.1) is 0 Å². The first kappa shape index (κ1) is 17.2. The van der Waals surface area contributed by atoms with Crippen LogP contribution in [0.2, 0.25) is 5.02 Å². The number of rotatable bonds is 4. The molecule has 0 aromatic heterocycles. The van der Waals surface area contributed by atoms with Gasteiger partial charge in [0.1, 0.15) is 0 Å². The number of benzene rings is 1. The minimum absolute atomic E-state index is 0. The first-order valence-corrected chi connectivity index (χ1v) is 7.11. The van der Waals surface area contributed by atoms with E-state index < -0.39 is 0 Å². The number of hydrogen-bond donors (Lipinski definition) is 2. The number of anilines is 1. The van der Waals surface area contributed by atoms with Gasteiger partial charge in [-0.05, 0) is 31.6 Å². The molecule has 1 aliphatic rings. The van der Waals surface area contributed by atoms with Crippen molar-refractivity contribution in [2.75, 3.05) is 38.0 Å². The molecule has 1 heterocycles. The minimum atomic E-state index is 0. The first-order valence-electron chi connectivity index (χ1n) is 6.73. The molecule has 1 aromatic rings. The highest BCUT2D eigenvalue weighted by Gasteiger charge is 2.11. The summed E-state index contributed by atoms with van der Waals surface area (Å²) in [4.78, 5) is 14.2. The van der Waals surface area contributed by atoms with Gasteiger partial charge in [0, 0.05) is 26.1 Å². The number of nitrogens with zero attached hydrogens (tertiary/aromatic N) is 1. The molecule has 1 aromatic carbocycles. The summed E-state index contributed by atoms with van der Waals surface area (Å²) in [5.41, 5.74) is 0.687. The predicted molar refractivity (Wildman–Crippen MR) is 85.9 cm³/mol. The molecule has 0 spiro atoms. The van der Waals surface area contributed by atoms with Crippen molar-refractivity contribution in [3.05, 3.63) is 29.3 Å². The Labute approximate surface area is 131 Å². The van der Waals surface area contributed by atoms with Gasteiger partial charge in [0.2, 0.25) is 5.91 Å². The molecule has 0 atom stereocenters. The molecular weight excluding hydrogens is 297 g/mol. The third-order valence-corrected chi connectivity index (χ3v) is 3.57. The van der Waals surface area contributed by atoms with Crippen LogP contribution in [0.5, 0.6) is 0 Å². The maximum Gasteiger partial charge on any atom is 0.225 e. The van der Waals surface area contributed by atoms with Crippen molar-refractivity contribution in [2.24, 2.45) is 0 Å². The second-order valence-corrected chi connectivity index (χ2v) is 5.13. The van der Waals surface area contributed by atoms with E-state index in [1.165, 1.54) is 0 Å². The lowest BCUT2D eigenvalue weighted by molar-refractivity contribution is -0.116. The number of halogens is 2. The molecule has 1 aliphatic heterocycles. The van der Waals surface area contributed by atoms with E-state index in [0.29, 0.717) is 17.1 Å². The predicted octanol–water partition coefficient (Wildman–Crippen LogP) is 2.39. The maximum atomic E-state index is 11.9. The Morgan fingerprint density at radius 1 is 1.30 bits per heavy atom. The number of hydrogen-bond acceptors (Lipinski definition) is 3. The lowest BCUT2D eigenvalue weighted by Gasteiger charge is -2.18. The number of carbonyl (C=O) groups is 1. The van der Waals surface area contributed by atoms with Crippen LogP contribution >= 0.6 is 24.0 Å². The minimum Gasteiger partial charge on any atom is -0.325 e. The lowest BCUT2D eigenvalue weighted by atomic mass is 10.3. The molecule has 0 radical (unpaired) electrons. The van der Waals surface area contributed by atoms with Gasteiger partial charge in [0.15, 0.2) is 0 Å². The van der Waals surface area contributed by atoms with Crippen molar-refractivity contribution < 1.29 is 4.79 Å². The van der Waals surface area contributed by atoms with Crippen LogP contribution < -0.4 is 10.6 Å². The third-order valence-electron chi connectivity index (χ3n) is 3.24. The fourth-order valence-corrected chi connectivity index (χ4v) is 2.34. The van der Waals surface area contributed by atoms with Gasteiger partial charge < -0.3 is 15.5 Å². The highest BCUT2D eigenvalue weighted by Crippen LogP contribution is 2.20. The molecule has 1 fully saturated rings. The summed E-state index contributed by atoms with van der Waals surface area (Å²) in [7, 11) is 0. The second kappa shape index (κ2) is 9.19. The van der Waals surface area contributed by atoms with Gasteiger partial charge in [-0.3, -0.25) is 4.79 Å². The zero-order valence-electron chi connectivity index (χ0n) is 11.4. The molecule has 20 heavy (non-hydrogen) atoms. The number of carbonyl (C=O) groups excluding carboxylic acids is 1. The van der Waals surface area contributed by atoms with Crippen molar-refractivity contribution in [1.82, 2.24) is 10.2 Å². The van der Waals surface area contributed by atoms with E-state index in [1.807, 2.05) is 18.2 Å². The van der Waals surface area contributed by atoms with Crippen LogP contribution in [0.1, 0.15) is 12.8 Å². The summed E-state index contributed by atoms with van der Waals surface area (Å²) in [6.07, 6.45) is 1.65. The molecule has 4 nitrogen and oxygen atoms in total. The van der Waals surface area contributed by atoms with Gasteiger partial charge in [-0.1, -0.05) is 23.7 Å². The van der Waals surface area contributed by atoms with E-state index >= 15 is 0 Å². The van der Waals surface area contributed by atoms with Crippen molar-refractivity contribution in [1.29, 1.82) is 0 Å². The van der Waals surface area contributed by atoms with Gasteiger partial charge in [0.25, 0.3) is 0 Å². The number of para-hydroxylation sites is 1. The van der Waals surface area contributed by atoms with Crippen LogP contribution in [-0.4, -0.2) is 43.5 Å². The first-order chi connectivity index (χ1) is 9.25. The summed E-state index contributed by atoms with van der Waals surface area (Å²) in [6, 6.07) is 7.30. The molecule has 2 rings (SSSR count). The van der Waals surface area contributed by atoms with Crippen LogP contribution in [-0.2, 0) is 4.79 Å². The Kier molecular flexibility index (Phi) is 7.92. The smallest absolute Gasteiger partial charge is 0.225 e. The van der Waals surface area contributed by atoms with E-state index in [9.17, 15) is 4.79 Å². The average Bonchev–Trinajstić information content (AvgIpc) is 2.68. The molecule has 112 valence electrons.